The smallest absolute Gasteiger partial charge is 0.317 e. The predicted octanol–water partition coefficient (Wildman–Crippen LogP) is -0.249. The Morgan fingerprint density at radius 2 is 0.964 bits per heavy atom. The zero-order valence-electron chi connectivity index (χ0n) is 15.9. The first kappa shape index (κ1) is 27.7. The van der Waals surface area contributed by atoms with Crippen molar-refractivity contribution in [3.8, 4) is 0 Å². The zero-order valence-corrected chi connectivity index (χ0v) is 15.9. The molecule has 4 N–H and O–H groups in total. The van der Waals surface area contributed by atoms with Gasteiger partial charge in [0, 0.05) is 13.1 Å². The van der Waals surface area contributed by atoms with Crippen molar-refractivity contribution in [3.63, 3.8) is 0 Å². The van der Waals surface area contributed by atoms with E-state index in [1.165, 1.54) is 9.80 Å². The fraction of sp³-hybridized carbons (Fsp3) is 0.588. The molecule has 0 aliphatic rings. The summed E-state index contributed by atoms with van der Waals surface area (Å²) in [5.74, 6) is -3.40. The van der Waals surface area contributed by atoms with Crippen LogP contribution in [0.4, 0.5) is 0 Å². The third-order valence-corrected chi connectivity index (χ3v) is 2.96. The maximum Gasteiger partial charge on any atom is 0.317 e. The Morgan fingerprint density at radius 3 is 1.25 bits per heavy atom. The first-order valence-corrected chi connectivity index (χ1v) is 8.33. The lowest BCUT2D eigenvalue weighted by atomic mass is 10.4. The molecule has 0 amide bonds. The molecule has 0 fully saturated rings. The molecule has 0 spiro atoms. The molecular formula is C17H30N2O9. The lowest BCUT2D eigenvalue weighted by Crippen LogP contribution is -2.37. The van der Waals surface area contributed by atoms with Crippen LogP contribution < -0.4 is 0 Å². The Morgan fingerprint density at radius 1 is 0.643 bits per heavy atom. The molecule has 0 aliphatic heterocycles. The maximum atomic E-state index is 10.7. The summed E-state index contributed by atoms with van der Waals surface area (Å²) < 4.78 is 10.5. The molecule has 0 aliphatic carbocycles. The van der Waals surface area contributed by atoms with Crippen molar-refractivity contribution in [2.45, 2.75) is 0 Å². The summed E-state index contributed by atoms with van der Waals surface area (Å²) in [6, 6.07) is 0. The Labute approximate surface area is 164 Å². The van der Waals surface area contributed by atoms with E-state index in [4.69, 9.17) is 29.9 Å². The molecule has 0 saturated carbocycles. The van der Waals surface area contributed by atoms with Gasteiger partial charge in [-0.15, -0.1) is 13.2 Å². The summed E-state index contributed by atoms with van der Waals surface area (Å²) in [6.45, 7) is 9.61. The van der Waals surface area contributed by atoms with Crippen LogP contribution in [-0.2, 0) is 23.9 Å². The second-order valence-electron chi connectivity index (χ2n) is 5.39. The number of carboxylic acids is 3. The topological polar surface area (TPSA) is 157 Å². The number of hydrogen-bond donors (Lipinski definition) is 4. The first-order valence-electron chi connectivity index (χ1n) is 8.33. The van der Waals surface area contributed by atoms with Crippen LogP contribution in [0.15, 0.2) is 25.5 Å². The summed E-state index contributed by atoms with van der Waals surface area (Å²) in [5.41, 5.74) is 0. The van der Waals surface area contributed by atoms with Gasteiger partial charge in [-0.25, -0.2) is 0 Å². The molecular weight excluding hydrogens is 376 g/mol. The minimum Gasteiger partial charge on any atom is -0.512 e. The number of aliphatic carboxylic acids is 3. The summed E-state index contributed by atoms with van der Waals surface area (Å²) in [7, 11) is 0. The van der Waals surface area contributed by atoms with E-state index in [2.05, 4.69) is 19.7 Å². The number of ether oxygens (including phenoxy) is 2. The van der Waals surface area contributed by atoms with Gasteiger partial charge in [0.2, 0.25) is 0 Å². The van der Waals surface area contributed by atoms with E-state index in [1.54, 1.807) is 0 Å². The highest BCUT2D eigenvalue weighted by Gasteiger charge is 2.13. The molecule has 0 radical (unpaired) electrons. The molecule has 162 valence electrons. The van der Waals surface area contributed by atoms with Gasteiger partial charge in [0.1, 0.15) is 0 Å². The summed E-state index contributed by atoms with van der Waals surface area (Å²) in [4.78, 5) is 34.6. The van der Waals surface area contributed by atoms with Gasteiger partial charge in [0.25, 0.3) is 0 Å². The van der Waals surface area contributed by atoms with Crippen molar-refractivity contribution in [2.75, 3.05) is 65.7 Å². The normalized spacial score (nSPS) is 10.4. The van der Waals surface area contributed by atoms with Gasteiger partial charge in [-0.3, -0.25) is 24.2 Å². The minimum atomic E-state index is -1.12. The maximum absolute atomic E-state index is 10.7. The lowest BCUT2D eigenvalue weighted by molar-refractivity contribution is -0.142. The zero-order chi connectivity index (χ0) is 21.9. The second-order valence-corrected chi connectivity index (χ2v) is 5.39. The Bertz CT molecular complexity index is 411. The molecule has 11 nitrogen and oxygen atoms in total. The Balaban J connectivity index is 0. The van der Waals surface area contributed by atoms with Crippen molar-refractivity contribution >= 4 is 17.9 Å². The number of aliphatic hydroxyl groups is 1. The van der Waals surface area contributed by atoms with Crippen molar-refractivity contribution in [2.24, 2.45) is 0 Å². The van der Waals surface area contributed by atoms with E-state index < -0.39 is 17.9 Å². The van der Waals surface area contributed by atoms with Gasteiger partial charge in [-0.05, 0) is 0 Å². The van der Waals surface area contributed by atoms with Crippen LogP contribution in [0, 0.1) is 0 Å². The molecule has 0 aromatic rings. The van der Waals surface area contributed by atoms with E-state index in [-0.39, 0.29) is 71.5 Å². The second kappa shape index (κ2) is 17.9. The molecule has 0 aromatic heterocycles. The third kappa shape index (κ3) is 19.8. The van der Waals surface area contributed by atoms with E-state index in [0.717, 1.165) is 0 Å². The van der Waals surface area contributed by atoms with E-state index in [1.807, 2.05) is 0 Å². The van der Waals surface area contributed by atoms with Crippen LogP contribution in [0.2, 0.25) is 0 Å². The van der Waals surface area contributed by atoms with Crippen LogP contribution in [0.25, 0.3) is 0 Å². The highest BCUT2D eigenvalue weighted by Crippen LogP contribution is 1.94. The van der Waals surface area contributed by atoms with Crippen molar-refractivity contribution in [1.29, 1.82) is 0 Å². The number of nitrogens with zero attached hydrogens (tertiary/aromatic N) is 2. The number of aliphatic hydroxyl groups excluding tert-OH is 1. The average Bonchev–Trinajstić information content (AvgIpc) is 2.56. The van der Waals surface area contributed by atoms with Crippen LogP contribution >= 0.6 is 0 Å². The summed E-state index contributed by atoms with van der Waals surface area (Å²) >= 11 is 0. The summed E-state index contributed by atoms with van der Waals surface area (Å²) in [6.07, 6.45) is 0. The first-order chi connectivity index (χ1) is 13.2. The minimum absolute atomic E-state index is 0.0369. The van der Waals surface area contributed by atoms with Gasteiger partial charge in [-0.2, -0.15) is 0 Å². The van der Waals surface area contributed by atoms with Gasteiger partial charge >= 0.3 is 17.9 Å². The quantitative estimate of drug-likeness (QED) is 0.143. The average molecular weight is 406 g/mol. The van der Waals surface area contributed by atoms with Crippen molar-refractivity contribution in [1.82, 2.24) is 9.80 Å². The molecule has 0 aromatic carbocycles. The monoisotopic (exact) mass is 406 g/mol. The van der Waals surface area contributed by atoms with Crippen LogP contribution in [-0.4, -0.2) is 114 Å². The van der Waals surface area contributed by atoms with Gasteiger partial charge in [0.05, 0.1) is 58.4 Å². The highest BCUT2D eigenvalue weighted by atomic mass is 16.5. The highest BCUT2D eigenvalue weighted by molar-refractivity contribution is 5.72. The van der Waals surface area contributed by atoms with Crippen molar-refractivity contribution in [3.05, 3.63) is 25.5 Å². The van der Waals surface area contributed by atoms with Crippen LogP contribution in [0.1, 0.15) is 0 Å². The van der Waals surface area contributed by atoms with E-state index in [0.29, 0.717) is 0 Å². The largest absolute Gasteiger partial charge is 0.512 e. The standard InChI is InChI=1S/C15H26N2O9.C2H4/c1-12(18)8-16(9-13(19)20)2-4-25-6-7-26-5-3-17(10-14(21)22)11-15(23)24;1-2/h18H,1-11H2,(H,19,20)(H,21,22)(H,23,24);1-2H2. The SMILES string of the molecule is C=C.C=C(O)CN(CCOCCOCCN(CC(=O)O)CC(=O)O)CC(=O)O. The molecule has 0 heterocycles. The predicted molar refractivity (Wildman–Crippen MR) is 100 cm³/mol. The van der Waals surface area contributed by atoms with Gasteiger partial charge in [0.15, 0.2) is 0 Å². The van der Waals surface area contributed by atoms with Crippen LogP contribution in [0.3, 0.4) is 0 Å². The number of hydrogen-bond acceptors (Lipinski definition) is 8. The van der Waals surface area contributed by atoms with Gasteiger partial charge in [-0.1, -0.05) is 6.58 Å². The molecule has 11 heteroatoms. The Kier molecular flexibility index (Phi) is 17.8. The van der Waals surface area contributed by atoms with E-state index in [9.17, 15) is 14.4 Å². The lowest BCUT2D eigenvalue weighted by Gasteiger charge is -2.19. The Hall–Kier alpha value is -2.47. The molecule has 0 atom stereocenters. The molecule has 0 bridgehead atoms. The number of carboxylic acid groups (broad SMARTS) is 3. The summed E-state index contributed by atoms with van der Waals surface area (Å²) in [5, 5.41) is 35.3. The van der Waals surface area contributed by atoms with Crippen molar-refractivity contribution < 1.29 is 44.3 Å². The molecule has 0 rings (SSSR count). The third-order valence-electron chi connectivity index (χ3n) is 2.96. The molecule has 0 saturated heterocycles. The molecule has 28 heavy (non-hydrogen) atoms. The fourth-order valence-electron chi connectivity index (χ4n) is 1.97. The van der Waals surface area contributed by atoms with E-state index >= 15 is 0 Å². The van der Waals surface area contributed by atoms with Crippen LogP contribution in [0.5, 0.6) is 0 Å². The fourth-order valence-corrected chi connectivity index (χ4v) is 1.97. The number of carbonyl (C=O) groups is 3. The van der Waals surface area contributed by atoms with Gasteiger partial charge < -0.3 is 29.9 Å². The number of rotatable bonds is 17. The molecule has 0 unspecified atom stereocenters.